The molecule has 0 bridgehead atoms. The van der Waals surface area contributed by atoms with E-state index in [9.17, 15) is 14.7 Å². The Hall–Kier alpha value is -1.10. The molecule has 0 aromatic carbocycles. The van der Waals surface area contributed by atoms with Gasteiger partial charge in [0, 0.05) is 13.3 Å². The lowest BCUT2D eigenvalue weighted by molar-refractivity contribution is -0.181. The Morgan fingerprint density at radius 2 is 1.81 bits per heavy atom. The number of hydrogen-bond donors (Lipinski definition) is 1. The van der Waals surface area contributed by atoms with E-state index in [1.165, 1.54) is 39.7 Å². The van der Waals surface area contributed by atoms with Crippen molar-refractivity contribution >= 4 is 11.9 Å². The molecule has 5 nitrogen and oxygen atoms in total. The normalized spacial score (nSPS) is 46.4. The zero-order valence-corrected chi connectivity index (χ0v) is 20.8. The van der Waals surface area contributed by atoms with Crippen LogP contribution in [0.15, 0.2) is 0 Å². The van der Waals surface area contributed by atoms with Gasteiger partial charge in [0.15, 0.2) is 0 Å². The Balaban J connectivity index is 1.50. The van der Waals surface area contributed by atoms with Gasteiger partial charge in [0.25, 0.3) is 0 Å². The first-order valence-electron chi connectivity index (χ1n) is 13.0. The summed E-state index contributed by atoms with van der Waals surface area (Å²) < 4.78 is 10.5. The molecule has 32 heavy (non-hydrogen) atoms. The van der Waals surface area contributed by atoms with Crippen molar-refractivity contribution in [2.24, 2.45) is 46.3 Å². The summed E-state index contributed by atoms with van der Waals surface area (Å²) in [5, 5.41) is 11.6. The Labute approximate surface area is 194 Å². The second-order valence-electron chi connectivity index (χ2n) is 12.1. The van der Waals surface area contributed by atoms with Crippen LogP contribution in [0, 0.1) is 46.3 Å². The lowest BCUT2D eigenvalue weighted by Gasteiger charge is -2.62. The summed E-state index contributed by atoms with van der Waals surface area (Å²) in [6, 6.07) is 0. The van der Waals surface area contributed by atoms with E-state index in [0.29, 0.717) is 41.9 Å². The Morgan fingerprint density at radius 1 is 1.06 bits per heavy atom. The predicted octanol–water partition coefficient (Wildman–Crippen LogP) is 5.14. The van der Waals surface area contributed by atoms with Gasteiger partial charge in [0.05, 0.1) is 13.2 Å². The average molecular weight is 449 g/mol. The van der Waals surface area contributed by atoms with Crippen molar-refractivity contribution in [3.63, 3.8) is 0 Å². The van der Waals surface area contributed by atoms with E-state index in [-0.39, 0.29) is 35.0 Å². The summed E-state index contributed by atoms with van der Waals surface area (Å²) >= 11 is 0. The molecule has 0 aromatic heterocycles. The number of esters is 2. The van der Waals surface area contributed by atoms with E-state index >= 15 is 0 Å². The third-order valence-electron chi connectivity index (χ3n) is 10.8. The minimum Gasteiger partial charge on any atom is -0.469 e. The van der Waals surface area contributed by atoms with Crippen LogP contribution in [-0.2, 0) is 19.1 Å². The molecule has 0 saturated heterocycles. The number of fused-ring (bicyclic) bond motifs is 5. The van der Waals surface area contributed by atoms with Crippen molar-refractivity contribution in [2.75, 3.05) is 7.11 Å². The van der Waals surface area contributed by atoms with Gasteiger partial charge >= 0.3 is 11.9 Å². The summed E-state index contributed by atoms with van der Waals surface area (Å²) in [4.78, 5) is 23.2. The van der Waals surface area contributed by atoms with Crippen LogP contribution in [0.3, 0.4) is 0 Å². The van der Waals surface area contributed by atoms with Gasteiger partial charge in [-0.25, -0.2) is 0 Å². The summed E-state index contributed by atoms with van der Waals surface area (Å²) in [5.41, 5.74) is 0.200. The fraction of sp³-hybridized carbons (Fsp3) is 0.926. The first-order chi connectivity index (χ1) is 15.1. The highest BCUT2D eigenvalue weighted by molar-refractivity contribution is 5.69. The van der Waals surface area contributed by atoms with Gasteiger partial charge in [-0.15, -0.1) is 0 Å². The highest BCUT2D eigenvalue weighted by Crippen LogP contribution is 2.68. The molecular weight excluding hydrogens is 404 g/mol. The van der Waals surface area contributed by atoms with E-state index in [4.69, 9.17) is 9.47 Å². The number of hydrogen-bond acceptors (Lipinski definition) is 5. The molecule has 4 unspecified atom stereocenters. The van der Waals surface area contributed by atoms with Gasteiger partial charge in [-0.1, -0.05) is 20.8 Å². The summed E-state index contributed by atoms with van der Waals surface area (Å²) in [7, 11) is 1.46. The summed E-state index contributed by atoms with van der Waals surface area (Å²) in [5.74, 6) is 3.02. The number of rotatable bonds is 5. The van der Waals surface area contributed by atoms with Gasteiger partial charge in [-0.2, -0.15) is 0 Å². The fourth-order valence-electron chi connectivity index (χ4n) is 9.13. The minimum atomic E-state index is -0.274. The molecular formula is C27H44O5. The van der Waals surface area contributed by atoms with Crippen LogP contribution in [0.2, 0.25) is 0 Å². The molecule has 4 aliphatic carbocycles. The lowest BCUT2D eigenvalue weighted by Crippen LogP contribution is -2.59. The molecule has 182 valence electrons. The van der Waals surface area contributed by atoms with E-state index in [1.54, 1.807) is 0 Å². The molecule has 0 spiro atoms. The van der Waals surface area contributed by atoms with Crippen LogP contribution in [0.25, 0.3) is 0 Å². The van der Waals surface area contributed by atoms with Crippen molar-refractivity contribution < 1.29 is 24.2 Å². The van der Waals surface area contributed by atoms with Gasteiger partial charge in [-0.3, -0.25) is 9.59 Å². The van der Waals surface area contributed by atoms with E-state index < -0.39 is 0 Å². The lowest BCUT2D eigenvalue weighted by atomic mass is 9.43. The van der Waals surface area contributed by atoms with Crippen molar-refractivity contribution in [3.8, 4) is 0 Å². The van der Waals surface area contributed by atoms with Gasteiger partial charge in [0.2, 0.25) is 0 Å². The number of methoxy groups -OCH3 is 1. The molecule has 4 saturated carbocycles. The monoisotopic (exact) mass is 448 g/mol. The maximum absolute atomic E-state index is 11.7. The third-order valence-corrected chi connectivity index (χ3v) is 10.8. The Bertz CT molecular complexity index is 721. The first-order valence-corrected chi connectivity index (χ1v) is 13.0. The predicted molar refractivity (Wildman–Crippen MR) is 123 cm³/mol. The maximum Gasteiger partial charge on any atom is 0.305 e. The number of aliphatic hydroxyl groups excluding tert-OH is 1. The molecule has 10 atom stereocenters. The Kier molecular flexibility index (Phi) is 6.70. The first kappa shape index (κ1) is 24.0. The van der Waals surface area contributed by atoms with Gasteiger partial charge in [-0.05, 0) is 104 Å². The SMILES string of the molecule is COC(=O)CC[C@@H](C)C1CCC2C3CC[C@@H]4C[C@H](OC(C)=O)CC[C@]4(C)C3C[C@@H](O)[C@@]21C. The smallest absolute Gasteiger partial charge is 0.305 e. The fourth-order valence-corrected chi connectivity index (χ4v) is 9.13. The molecule has 1 N–H and O–H groups in total. The van der Waals surface area contributed by atoms with Crippen molar-refractivity contribution in [1.82, 2.24) is 0 Å². The van der Waals surface area contributed by atoms with Crippen LogP contribution < -0.4 is 0 Å². The molecule has 4 rings (SSSR count). The number of ether oxygens (including phenoxy) is 2. The number of aliphatic hydroxyl groups is 1. The van der Waals surface area contributed by atoms with Crippen LogP contribution in [0.1, 0.15) is 91.9 Å². The van der Waals surface area contributed by atoms with E-state index in [2.05, 4.69) is 20.8 Å². The van der Waals surface area contributed by atoms with Gasteiger partial charge < -0.3 is 14.6 Å². The van der Waals surface area contributed by atoms with Crippen LogP contribution >= 0.6 is 0 Å². The minimum absolute atomic E-state index is 0.0468. The van der Waals surface area contributed by atoms with Crippen molar-refractivity contribution in [3.05, 3.63) is 0 Å². The molecule has 0 amide bonds. The van der Waals surface area contributed by atoms with Crippen LogP contribution in [-0.4, -0.2) is 36.4 Å². The standard InChI is InChI=1S/C27H44O5/c1-16(6-11-25(30)31-5)21-9-10-22-20-8-7-18-14-19(32-17(2)28)12-13-26(18,3)23(20)15-24(29)27(21,22)4/h16,18-24,29H,6-15H2,1-5H3/t16-,18-,19-,20?,21?,22?,23?,24-,26+,27-/m1/s1. The van der Waals surface area contributed by atoms with Crippen molar-refractivity contribution in [1.29, 1.82) is 0 Å². The number of carbonyl (C=O) groups excluding carboxylic acids is 2. The molecule has 4 aliphatic rings. The van der Waals surface area contributed by atoms with Crippen LogP contribution in [0.4, 0.5) is 0 Å². The maximum atomic E-state index is 11.7. The van der Waals surface area contributed by atoms with E-state index in [0.717, 1.165) is 32.1 Å². The molecule has 5 heteroatoms. The van der Waals surface area contributed by atoms with Gasteiger partial charge in [0.1, 0.15) is 6.10 Å². The highest BCUT2D eigenvalue weighted by atomic mass is 16.5. The molecule has 0 aliphatic heterocycles. The molecule has 0 aromatic rings. The molecule has 4 fully saturated rings. The van der Waals surface area contributed by atoms with Crippen molar-refractivity contribution in [2.45, 2.75) is 104 Å². The second kappa shape index (κ2) is 8.92. The largest absolute Gasteiger partial charge is 0.469 e. The zero-order chi connectivity index (χ0) is 23.3. The summed E-state index contributed by atoms with van der Waals surface area (Å²) in [6.45, 7) is 8.62. The Morgan fingerprint density at radius 3 is 2.50 bits per heavy atom. The topological polar surface area (TPSA) is 72.8 Å². The summed E-state index contributed by atoms with van der Waals surface area (Å²) in [6.07, 6.45) is 9.92. The van der Waals surface area contributed by atoms with Crippen LogP contribution in [0.5, 0.6) is 0 Å². The third kappa shape index (κ3) is 3.91. The second-order valence-corrected chi connectivity index (χ2v) is 12.1. The average Bonchev–Trinajstić information content (AvgIpc) is 3.11. The zero-order valence-electron chi connectivity index (χ0n) is 20.8. The highest BCUT2D eigenvalue weighted by Gasteiger charge is 2.63. The quantitative estimate of drug-likeness (QED) is 0.590. The molecule has 0 heterocycles. The van der Waals surface area contributed by atoms with E-state index in [1.807, 2.05) is 0 Å². The molecule has 0 radical (unpaired) electrons. The number of carbonyl (C=O) groups is 2.